The minimum absolute atomic E-state index is 0.249. The molecule has 6 nitrogen and oxygen atoms in total. The molecule has 1 N–H and O–H groups in total. The molecule has 9 heteroatoms. The van der Waals surface area contributed by atoms with Gasteiger partial charge in [-0.1, -0.05) is 43.0 Å². The van der Waals surface area contributed by atoms with Gasteiger partial charge in [0.05, 0.1) is 5.56 Å². The summed E-state index contributed by atoms with van der Waals surface area (Å²) in [5.41, 5.74) is 0.549. The van der Waals surface area contributed by atoms with E-state index in [0.29, 0.717) is 22.8 Å². The first-order valence-corrected chi connectivity index (χ1v) is 9.58. The highest BCUT2D eigenvalue weighted by Gasteiger charge is 2.30. The van der Waals surface area contributed by atoms with E-state index in [1.807, 2.05) is 0 Å². The van der Waals surface area contributed by atoms with Gasteiger partial charge in [0.1, 0.15) is 5.82 Å². The first-order chi connectivity index (χ1) is 14.0. The van der Waals surface area contributed by atoms with Crippen molar-refractivity contribution >= 4 is 5.82 Å². The third-order valence-electron chi connectivity index (χ3n) is 5.07. The van der Waals surface area contributed by atoms with E-state index in [9.17, 15) is 13.2 Å². The van der Waals surface area contributed by atoms with E-state index in [-0.39, 0.29) is 11.9 Å². The molecule has 0 saturated heterocycles. The Kier molecular flexibility index (Phi) is 5.46. The Balaban J connectivity index is 1.69. The molecule has 4 rings (SSSR count). The Morgan fingerprint density at radius 1 is 0.931 bits per heavy atom. The smallest absolute Gasteiger partial charge is 0.367 e. The molecular weight excluding hydrogens is 383 g/mol. The largest absolute Gasteiger partial charge is 0.416 e. The number of rotatable bonds is 4. The highest BCUT2D eigenvalue weighted by atomic mass is 19.4. The van der Waals surface area contributed by atoms with Crippen LogP contribution in [0.1, 0.15) is 44.1 Å². The van der Waals surface area contributed by atoms with Crippen molar-refractivity contribution in [2.45, 2.75) is 50.7 Å². The lowest BCUT2D eigenvalue weighted by Gasteiger charge is -2.19. The lowest BCUT2D eigenvalue weighted by molar-refractivity contribution is -0.137. The van der Waals surface area contributed by atoms with Crippen LogP contribution in [0.3, 0.4) is 0 Å². The van der Waals surface area contributed by atoms with Gasteiger partial charge in [0, 0.05) is 17.8 Å². The molecule has 1 aliphatic carbocycles. The second kappa shape index (κ2) is 8.18. The molecule has 0 unspecified atom stereocenters. The van der Waals surface area contributed by atoms with Gasteiger partial charge in [0.15, 0.2) is 0 Å². The maximum Gasteiger partial charge on any atom is 0.416 e. The Morgan fingerprint density at radius 3 is 2.28 bits per heavy atom. The molecule has 0 radical (unpaired) electrons. The predicted molar refractivity (Wildman–Crippen MR) is 101 cm³/mol. The summed E-state index contributed by atoms with van der Waals surface area (Å²) in [5, 5.41) is 7.24. The van der Waals surface area contributed by atoms with Crippen LogP contribution in [0, 0.1) is 0 Å². The number of nitrogens with one attached hydrogen (secondary N) is 1. The van der Waals surface area contributed by atoms with Crippen LogP contribution in [0.15, 0.2) is 41.4 Å². The number of nitrogens with zero attached hydrogens (tertiary/aromatic N) is 4. The number of halogens is 3. The molecule has 0 aliphatic heterocycles. The molecule has 0 amide bonds. The predicted octanol–water partition coefficient (Wildman–Crippen LogP) is 5.35. The topological polar surface area (TPSA) is 76.7 Å². The van der Waals surface area contributed by atoms with E-state index < -0.39 is 11.7 Å². The highest BCUT2D eigenvalue weighted by Crippen LogP contribution is 2.33. The second-order valence-corrected chi connectivity index (χ2v) is 7.12. The number of benzene rings is 1. The maximum absolute atomic E-state index is 12.9. The molecule has 0 atom stereocenters. The lowest BCUT2D eigenvalue weighted by Crippen LogP contribution is -2.20. The summed E-state index contributed by atoms with van der Waals surface area (Å²) < 4.78 is 43.5. The van der Waals surface area contributed by atoms with Crippen molar-refractivity contribution in [1.82, 2.24) is 20.1 Å². The number of hydrogen-bond donors (Lipinski definition) is 1. The fraction of sp³-hybridized carbons (Fsp3) is 0.400. The van der Waals surface area contributed by atoms with Gasteiger partial charge in [0.25, 0.3) is 0 Å². The molecule has 3 aromatic rings. The average Bonchev–Trinajstić information content (AvgIpc) is 3.13. The number of hydrogen-bond acceptors (Lipinski definition) is 6. The van der Waals surface area contributed by atoms with E-state index in [1.165, 1.54) is 31.4 Å². The van der Waals surface area contributed by atoms with E-state index in [2.05, 4.69) is 25.4 Å². The van der Waals surface area contributed by atoms with Gasteiger partial charge in [-0.15, -0.1) is 0 Å². The average molecular weight is 403 g/mol. The van der Waals surface area contributed by atoms with Gasteiger partial charge in [0.2, 0.25) is 18.0 Å². The maximum atomic E-state index is 12.9. The number of aromatic nitrogens is 4. The molecule has 1 aromatic carbocycles. The van der Waals surface area contributed by atoms with Crippen molar-refractivity contribution in [1.29, 1.82) is 0 Å². The van der Waals surface area contributed by atoms with Crippen LogP contribution < -0.4 is 5.32 Å². The third-order valence-corrected chi connectivity index (χ3v) is 5.07. The lowest BCUT2D eigenvalue weighted by atomic mass is 10.0. The SMILES string of the molecule is FC(F)(F)c1ccc(-c2cnc(-c3ncon3)nc2NC2CCCCCC2)cc1. The Bertz CT molecular complexity index is 934. The third kappa shape index (κ3) is 4.55. The fourth-order valence-corrected chi connectivity index (χ4v) is 3.54. The van der Waals surface area contributed by atoms with Crippen LogP contribution in [0.25, 0.3) is 22.8 Å². The summed E-state index contributed by atoms with van der Waals surface area (Å²) in [5.74, 6) is 1.12. The molecule has 152 valence electrons. The zero-order chi connectivity index (χ0) is 20.3. The van der Waals surface area contributed by atoms with Crippen LogP contribution in [0.5, 0.6) is 0 Å². The molecule has 2 heterocycles. The molecule has 2 aromatic heterocycles. The fourth-order valence-electron chi connectivity index (χ4n) is 3.54. The Labute approximate surface area is 165 Å². The first-order valence-electron chi connectivity index (χ1n) is 9.58. The van der Waals surface area contributed by atoms with Gasteiger partial charge in [-0.05, 0) is 30.5 Å². The first kappa shape index (κ1) is 19.4. The van der Waals surface area contributed by atoms with Crippen LogP contribution in [0.2, 0.25) is 0 Å². The van der Waals surface area contributed by atoms with Crippen molar-refractivity contribution in [3.05, 3.63) is 42.4 Å². The standard InChI is InChI=1S/C20H20F3N5O/c21-20(22,23)14-9-7-13(8-10-14)16-11-24-18(19-25-12-29-28-19)27-17(16)26-15-5-3-1-2-4-6-15/h7-12,15H,1-6H2,(H,24,26,27). The number of alkyl halides is 3. The summed E-state index contributed by atoms with van der Waals surface area (Å²) in [6, 6.07) is 5.26. The van der Waals surface area contributed by atoms with Gasteiger partial charge >= 0.3 is 6.18 Å². The monoisotopic (exact) mass is 403 g/mol. The van der Waals surface area contributed by atoms with Gasteiger partial charge in [-0.3, -0.25) is 0 Å². The van der Waals surface area contributed by atoms with Gasteiger partial charge in [-0.25, -0.2) is 9.97 Å². The Morgan fingerprint density at radius 2 is 1.66 bits per heavy atom. The summed E-state index contributed by atoms with van der Waals surface area (Å²) >= 11 is 0. The summed E-state index contributed by atoms with van der Waals surface area (Å²) in [6.45, 7) is 0. The van der Waals surface area contributed by atoms with E-state index >= 15 is 0 Å². The molecule has 1 aliphatic rings. The van der Waals surface area contributed by atoms with Crippen LogP contribution in [0.4, 0.5) is 19.0 Å². The molecule has 1 fully saturated rings. The highest BCUT2D eigenvalue weighted by molar-refractivity contribution is 5.76. The molecule has 0 spiro atoms. The van der Waals surface area contributed by atoms with E-state index in [0.717, 1.165) is 37.8 Å². The van der Waals surface area contributed by atoms with Crippen LogP contribution >= 0.6 is 0 Å². The van der Waals surface area contributed by atoms with Gasteiger partial charge < -0.3 is 9.84 Å². The van der Waals surface area contributed by atoms with E-state index in [4.69, 9.17) is 4.52 Å². The molecule has 1 saturated carbocycles. The summed E-state index contributed by atoms with van der Waals surface area (Å²) in [7, 11) is 0. The second-order valence-electron chi connectivity index (χ2n) is 7.12. The van der Waals surface area contributed by atoms with Crippen molar-refractivity contribution in [3.63, 3.8) is 0 Å². The zero-order valence-electron chi connectivity index (χ0n) is 15.6. The minimum atomic E-state index is -4.38. The summed E-state index contributed by atoms with van der Waals surface area (Å²) in [6.07, 6.45) is 5.14. The van der Waals surface area contributed by atoms with Crippen molar-refractivity contribution in [2.75, 3.05) is 5.32 Å². The van der Waals surface area contributed by atoms with Gasteiger partial charge in [-0.2, -0.15) is 18.2 Å². The number of anilines is 1. The zero-order valence-corrected chi connectivity index (χ0v) is 15.6. The normalized spacial score (nSPS) is 15.8. The molecule has 0 bridgehead atoms. The van der Waals surface area contributed by atoms with Crippen molar-refractivity contribution < 1.29 is 17.7 Å². The van der Waals surface area contributed by atoms with Crippen molar-refractivity contribution in [2.24, 2.45) is 0 Å². The minimum Gasteiger partial charge on any atom is -0.367 e. The van der Waals surface area contributed by atoms with E-state index in [1.54, 1.807) is 6.20 Å². The molecular formula is C20H20F3N5O. The quantitative estimate of drug-likeness (QED) is 0.592. The van der Waals surface area contributed by atoms with Crippen LogP contribution in [-0.4, -0.2) is 26.2 Å². The Hall–Kier alpha value is -2.97. The molecule has 29 heavy (non-hydrogen) atoms. The van der Waals surface area contributed by atoms with Crippen LogP contribution in [-0.2, 0) is 6.18 Å². The summed E-state index contributed by atoms with van der Waals surface area (Å²) in [4.78, 5) is 12.8. The van der Waals surface area contributed by atoms with Crippen molar-refractivity contribution in [3.8, 4) is 22.8 Å².